The van der Waals surface area contributed by atoms with Crippen molar-refractivity contribution in [3.8, 4) is 0 Å². The van der Waals surface area contributed by atoms with E-state index in [0.29, 0.717) is 13.2 Å². The van der Waals surface area contributed by atoms with E-state index in [0.717, 1.165) is 39.5 Å². The normalized spacial score (nSPS) is 10.8. The van der Waals surface area contributed by atoms with Gasteiger partial charge in [0.2, 0.25) is 0 Å². The summed E-state index contributed by atoms with van der Waals surface area (Å²) in [5.41, 5.74) is 5.33. The number of hydrogen-bond acceptors (Lipinski definition) is 5. The lowest BCUT2D eigenvalue weighted by Gasteiger charge is -2.17. The van der Waals surface area contributed by atoms with E-state index >= 15 is 0 Å². The molecule has 0 rings (SSSR count). The van der Waals surface area contributed by atoms with Crippen LogP contribution in [0, 0.1) is 0 Å². The summed E-state index contributed by atoms with van der Waals surface area (Å²) in [6.45, 7) is 9.83. The zero-order valence-corrected chi connectivity index (χ0v) is 11.2. The number of nitrogens with zero attached hydrogens (tertiary/aromatic N) is 2. The highest BCUT2D eigenvalue weighted by atomic mass is 16.5. The second kappa shape index (κ2) is 11.9. The molecule has 5 nitrogen and oxygen atoms in total. The quantitative estimate of drug-likeness (QED) is 0.490. The van der Waals surface area contributed by atoms with Crippen LogP contribution in [-0.4, -0.2) is 76.5 Å². The van der Waals surface area contributed by atoms with E-state index in [1.807, 2.05) is 11.9 Å². The van der Waals surface area contributed by atoms with Gasteiger partial charge in [-0.1, -0.05) is 6.58 Å². The molecule has 2 N–H and O–H groups in total. The predicted octanol–water partition coefficient (Wildman–Crippen LogP) is -0.0146. The Morgan fingerprint density at radius 3 is 2.06 bits per heavy atom. The lowest BCUT2D eigenvalue weighted by atomic mass is 10.5. The third-order valence-electron chi connectivity index (χ3n) is 2.40. The molecule has 17 heavy (non-hydrogen) atoms. The molecular weight excluding hydrogens is 218 g/mol. The number of ether oxygens (including phenoxy) is 2. The number of nitrogens with two attached hydrogens (primary N) is 1. The molecule has 0 aromatic heterocycles. The van der Waals surface area contributed by atoms with Crippen molar-refractivity contribution < 1.29 is 9.47 Å². The summed E-state index contributed by atoms with van der Waals surface area (Å²) in [7, 11) is 4.04. The molecule has 0 aromatic rings. The van der Waals surface area contributed by atoms with Crippen LogP contribution in [0.15, 0.2) is 12.8 Å². The van der Waals surface area contributed by atoms with Crippen LogP contribution >= 0.6 is 0 Å². The van der Waals surface area contributed by atoms with Crippen LogP contribution in [0.4, 0.5) is 0 Å². The van der Waals surface area contributed by atoms with Crippen LogP contribution in [0.25, 0.3) is 0 Å². The Morgan fingerprint density at radius 1 is 1.00 bits per heavy atom. The van der Waals surface area contributed by atoms with Gasteiger partial charge < -0.3 is 25.0 Å². The molecule has 0 heterocycles. The summed E-state index contributed by atoms with van der Waals surface area (Å²) in [5.74, 6) is 0. The molecule has 0 amide bonds. The standard InChI is InChI=1S/C12H27N3O2/c1-4-14(2)6-10-17-12-8-15(3)7-11-16-9-5-13/h4H,1,5-13H2,2-3H3. The average Bonchev–Trinajstić information content (AvgIpc) is 2.34. The largest absolute Gasteiger partial charge is 0.379 e. The minimum Gasteiger partial charge on any atom is -0.379 e. The maximum Gasteiger partial charge on any atom is 0.0641 e. The Kier molecular flexibility index (Phi) is 11.4. The molecule has 0 aliphatic carbocycles. The van der Waals surface area contributed by atoms with Crippen LogP contribution in [0.1, 0.15) is 0 Å². The van der Waals surface area contributed by atoms with Gasteiger partial charge in [-0.3, -0.25) is 0 Å². The molecule has 0 bridgehead atoms. The number of hydrogen-bond donors (Lipinski definition) is 1. The fourth-order valence-corrected chi connectivity index (χ4v) is 1.14. The fraction of sp³-hybridized carbons (Fsp3) is 0.833. The highest BCUT2D eigenvalue weighted by Crippen LogP contribution is 1.87. The molecule has 102 valence electrons. The van der Waals surface area contributed by atoms with Crippen LogP contribution < -0.4 is 5.73 Å². The molecule has 0 saturated carbocycles. The van der Waals surface area contributed by atoms with Gasteiger partial charge in [-0.05, 0) is 13.2 Å². The van der Waals surface area contributed by atoms with Gasteiger partial charge in [0.1, 0.15) is 0 Å². The van der Waals surface area contributed by atoms with Crippen molar-refractivity contribution in [2.75, 3.05) is 66.7 Å². The number of rotatable bonds is 12. The lowest BCUT2D eigenvalue weighted by Crippen LogP contribution is -2.28. The Morgan fingerprint density at radius 2 is 1.53 bits per heavy atom. The van der Waals surface area contributed by atoms with Crippen LogP contribution in [0.2, 0.25) is 0 Å². The smallest absolute Gasteiger partial charge is 0.0641 e. The summed E-state index contributed by atoms with van der Waals surface area (Å²) in [5, 5.41) is 0. The van der Waals surface area contributed by atoms with E-state index in [-0.39, 0.29) is 0 Å². The molecule has 0 unspecified atom stereocenters. The molecule has 0 saturated heterocycles. The molecule has 0 aliphatic heterocycles. The van der Waals surface area contributed by atoms with Gasteiger partial charge in [0.25, 0.3) is 0 Å². The third-order valence-corrected chi connectivity index (χ3v) is 2.40. The summed E-state index contributed by atoms with van der Waals surface area (Å²) >= 11 is 0. The maximum absolute atomic E-state index is 5.51. The molecule has 0 aliphatic rings. The van der Waals surface area contributed by atoms with E-state index in [9.17, 15) is 0 Å². The third kappa shape index (κ3) is 11.6. The Labute approximate surface area is 105 Å². The van der Waals surface area contributed by atoms with E-state index in [2.05, 4.69) is 18.5 Å². The molecule has 0 aromatic carbocycles. The maximum atomic E-state index is 5.51. The monoisotopic (exact) mass is 245 g/mol. The minimum absolute atomic E-state index is 0.587. The van der Waals surface area contributed by atoms with Crippen molar-refractivity contribution in [2.45, 2.75) is 0 Å². The van der Waals surface area contributed by atoms with Gasteiger partial charge >= 0.3 is 0 Å². The van der Waals surface area contributed by atoms with Gasteiger partial charge in [0.05, 0.1) is 26.4 Å². The molecule has 0 atom stereocenters. The van der Waals surface area contributed by atoms with E-state index < -0.39 is 0 Å². The Hall–Kier alpha value is -0.620. The van der Waals surface area contributed by atoms with Crippen molar-refractivity contribution in [2.24, 2.45) is 5.73 Å². The molecule has 0 radical (unpaired) electrons. The first-order valence-corrected chi connectivity index (χ1v) is 6.07. The second-order valence-electron chi connectivity index (χ2n) is 3.98. The van der Waals surface area contributed by atoms with Crippen LogP contribution in [0.3, 0.4) is 0 Å². The Balaban J connectivity index is 3.21. The molecule has 0 spiro atoms. The average molecular weight is 245 g/mol. The SMILES string of the molecule is C=CN(C)CCOCCN(C)CCOCCN. The first kappa shape index (κ1) is 16.4. The molecular formula is C12H27N3O2. The second-order valence-corrected chi connectivity index (χ2v) is 3.98. The van der Waals surface area contributed by atoms with Gasteiger partial charge in [-0.2, -0.15) is 0 Å². The summed E-state index contributed by atoms with van der Waals surface area (Å²) in [6.07, 6.45) is 1.80. The fourth-order valence-electron chi connectivity index (χ4n) is 1.14. The predicted molar refractivity (Wildman–Crippen MR) is 71.0 cm³/mol. The van der Waals surface area contributed by atoms with Gasteiger partial charge in [0.15, 0.2) is 0 Å². The highest BCUT2D eigenvalue weighted by molar-refractivity contribution is 4.65. The zero-order chi connectivity index (χ0) is 12.9. The zero-order valence-electron chi connectivity index (χ0n) is 11.2. The summed E-state index contributed by atoms with van der Waals surface area (Å²) in [6, 6.07) is 0. The van der Waals surface area contributed by atoms with E-state index in [1.165, 1.54) is 0 Å². The lowest BCUT2D eigenvalue weighted by molar-refractivity contribution is 0.0821. The van der Waals surface area contributed by atoms with Gasteiger partial charge in [0, 0.05) is 33.2 Å². The van der Waals surface area contributed by atoms with Crippen LogP contribution in [0.5, 0.6) is 0 Å². The van der Waals surface area contributed by atoms with E-state index in [4.69, 9.17) is 15.2 Å². The highest BCUT2D eigenvalue weighted by Gasteiger charge is 1.98. The van der Waals surface area contributed by atoms with E-state index in [1.54, 1.807) is 6.20 Å². The van der Waals surface area contributed by atoms with Crippen molar-refractivity contribution in [3.63, 3.8) is 0 Å². The number of likely N-dealkylation sites (N-methyl/N-ethyl adjacent to an activating group) is 2. The Bertz CT molecular complexity index is 179. The first-order valence-electron chi connectivity index (χ1n) is 6.07. The van der Waals surface area contributed by atoms with Gasteiger partial charge in [-0.15, -0.1) is 0 Å². The summed E-state index contributed by atoms with van der Waals surface area (Å²) < 4.78 is 10.8. The van der Waals surface area contributed by atoms with Crippen molar-refractivity contribution >= 4 is 0 Å². The van der Waals surface area contributed by atoms with Crippen molar-refractivity contribution in [3.05, 3.63) is 12.8 Å². The van der Waals surface area contributed by atoms with Crippen molar-refractivity contribution in [1.29, 1.82) is 0 Å². The molecule has 5 heteroatoms. The van der Waals surface area contributed by atoms with Crippen molar-refractivity contribution in [1.82, 2.24) is 9.80 Å². The minimum atomic E-state index is 0.587. The summed E-state index contributed by atoms with van der Waals surface area (Å²) in [4.78, 5) is 4.19. The topological polar surface area (TPSA) is 51.0 Å². The first-order chi connectivity index (χ1) is 8.20. The van der Waals surface area contributed by atoms with Gasteiger partial charge in [-0.25, -0.2) is 0 Å². The van der Waals surface area contributed by atoms with Crippen LogP contribution in [-0.2, 0) is 9.47 Å². The molecule has 0 fully saturated rings.